The third-order valence-electron chi connectivity index (χ3n) is 1.91. The highest BCUT2D eigenvalue weighted by Gasteiger charge is 2.00. The molecule has 0 amide bonds. The molecule has 0 bridgehead atoms. The molecule has 0 saturated heterocycles. The summed E-state index contributed by atoms with van der Waals surface area (Å²) in [6, 6.07) is 0. The van der Waals surface area contributed by atoms with Crippen molar-refractivity contribution < 1.29 is 4.74 Å². The van der Waals surface area contributed by atoms with Gasteiger partial charge in [0.05, 0.1) is 11.5 Å². The predicted molar refractivity (Wildman–Crippen MR) is 79.3 cm³/mol. The molecule has 0 aromatic heterocycles. The Labute approximate surface area is 110 Å². The lowest BCUT2D eigenvalue weighted by molar-refractivity contribution is 0.299. The van der Waals surface area contributed by atoms with Crippen LogP contribution in [0.1, 0.15) is 41.0 Å². The molecule has 3 heteroatoms. The van der Waals surface area contributed by atoms with Crippen molar-refractivity contribution in [3.63, 3.8) is 0 Å². The van der Waals surface area contributed by atoms with Gasteiger partial charge in [-0.25, -0.2) is 0 Å². The summed E-state index contributed by atoms with van der Waals surface area (Å²) in [4.78, 5) is 5.41. The van der Waals surface area contributed by atoms with Crippen molar-refractivity contribution in [3.05, 3.63) is 35.3 Å². The summed E-state index contributed by atoms with van der Waals surface area (Å²) >= 11 is 1.69. The predicted octanol–water partition coefficient (Wildman–Crippen LogP) is 4.91. The summed E-state index contributed by atoms with van der Waals surface area (Å²) in [7, 11) is 0. The zero-order valence-corrected chi connectivity index (χ0v) is 12.4. The number of hydrogen-bond acceptors (Lipinski definition) is 3. The lowest BCUT2D eigenvalue weighted by Crippen LogP contribution is -1.93. The first-order valence-electron chi connectivity index (χ1n) is 5.81. The minimum atomic E-state index is 0.762. The fraction of sp³-hybridized carbons (Fsp3) is 0.500. The first-order chi connectivity index (χ1) is 7.99. The Balaban J connectivity index is 4.08. The zero-order valence-electron chi connectivity index (χ0n) is 11.5. The molecule has 0 radical (unpaired) electrons. The van der Waals surface area contributed by atoms with E-state index in [9.17, 15) is 0 Å². The molecule has 0 N–H and O–H groups in total. The van der Waals surface area contributed by atoms with Crippen LogP contribution >= 0.6 is 11.8 Å². The molecule has 0 fully saturated rings. The number of hydrogen-bond donors (Lipinski definition) is 0. The van der Waals surface area contributed by atoms with E-state index in [0.717, 1.165) is 34.3 Å². The molecule has 0 saturated carbocycles. The molecular formula is C14H23NOS. The van der Waals surface area contributed by atoms with Gasteiger partial charge < -0.3 is 4.74 Å². The van der Waals surface area contributed by atoms with E-state index in [0.29, 0.717) is 0 Å². The minimum absolute atomic E-state index is 0.762. The average Bonchev–Trinajstić information content (AvgIpc) is 2.30. The molecule has 0 heterocycles. The summed E-state index contributed by atoms with van der Waals surface area (Å²) < 4.78 is 5.61. The van der Waals surface area contributed by atoms with Gasteiger partial charge in [-0.1, -0.05) is 13.5 Å². The quantitative estimate of drug-likeness (QED) is 0.475. The van der Waals surface area contributed by atoms with E-state index in [1.54, 1.807) is 11.8 Å². The van der Waals surface area contributed by atoms with Gasteiger partial charge in [-0.15, -0.1) is 11.8 Å². The van der Waals surface area contributed by atoms with Crippen molar-refractivity contribution in [1.29, 1.82) is 0 Å². The van der Waals surface area contributed by atoms with Gasteiger partial charge in [-0.2, -0.15) is 0 Å². The van der Waals surface area contributed by atoms with Crippen LogP contribution in [0.5, 0.6) is 0 Å². The first-order valence-corrected chi connectivity index (χ1v) is 6.79. The number of thioether (sulfide) groups is 1. The van der Waals surface area contributed by atoms with Crippen LogP contribution in [0, 0.1) is 0 Å². The van der Waals surface area contributed by atoms with Crippen LogP contribution in [0.15, 0.2) is 40.3 Å². The minimum Gasteiger partial charge on any atom is -0.466 e. The fourth-order valence-electron chi connectivity index (χ4n) is 1.00. The molecule has 0 aliphatic heterocycles. The average molecular weight is 253 g/mol. The number of aliphatic imine (C=N–C) groups is 1. The molecule has 0 aliphatic carbocycles. The largest absolute Gasteiger partial charge is 0.466 e. The van der Waals surface area contributed by atoms with Crippen LogP contribution in [-0.4, -0.2) is 11.5 Å². The van der Waals surface area contributed by atoms with Crippen LogP contribution in [0.2, 0.25) is 0 Å². The van der Waals surface area contributed by atoms with Crippen LogP contribution in [0.25, 0.3) is 0 Å². The highest BCUT2D eigenvalue weighted by molar-refractivity contribution is 8.03. The molecule has 0 rings (SSSR count). The summed E-state index contributed by atoms with van der Waals surface area (Å²) in [6.07, 6.45) is 4.75. The van der Waals surface area contributed by atoms with E-state index in [1.165, 1.54) is 0 Å². The topological polar surface area (TPSA) is 21.6 Å². The van der Waals surface area contributed by atoms with Crippen LogP contribution in [0.3, 0.4) is 0 Å². The summed E-state index contributed by atoms with van der Waals surface area (Å²) in [5.41, 5.74) is 1.06. The molecule has 0 unspecified atom stereocenters. The monoisotopic (exact) mass is 253 g/mol. The van der Waals surface area contributed by atoms with Crippen molar-refractivity contribution in [2.45, 2.75) is 41.0 Å². The highest BCUT2D eigenvalue weighted by atomic mass is 32.2. The van der Waals surface area contributed by atoms with Crippen molar-refractivity contribution in [2.75, 3.05) is 5.75 Å². The van der Waals surface area contributed by atoms with Crippen molar-refractivity contribution in [3.8, 4) is 0 Å². The van der Waals surface area contributed by atoms with E-state index < -0.39 is 0 Å². The lowest BCUT2D eigenvalue weighted by Gasteiger charge is -2.10. The van der Waals surface area contributed by atoms with E-state index in [-0.39, 0.29) is 0 Å². The Morgan fingerprint density at radius 1 is 1.35 bits per heavy atom. The molecule has 0 aliphatic rings. The maximum Gasteiger partial charge on any atom is 0.107 e. The SMILES string of the molecule is C=C(CS/C(C)=C/N=C(C)C)O/C(=C\C)CC. The van der Waals surface area contributed by atoms with Gasteiger partial charge in [0, 0.05) is 23.2 Å². The van der Waals surface area contributed by atoms with Crippen molar-refractivity contribution >= 4 is 17.5 Å². The van der Waals surface area contributed by atoms with Gasteiger partial charge >= 0.3 is 0 Å². The van der Waals surface area contributed by atoms with Crippen LogP contribution < -0.4 is 0 Å². The Hall–Kier alpha value is -0.960. The molecule has 0 aromatic rings. The van der Waals surface area contributed by atoms with E-state index in [1.807, 2.05) is 40.0 Å². The number of ether oxygens (including phenoxy) is 1. The summed E-state index contributed by atoms with van der Waals surface area (Å²) in [5, 5.41) is 0. The molecule has 2 nitrogen and oxygen atoms in total. The van der Waals surface area contributed by atoms with E-state index in [2.05, 4.69) is 18.5 Å². The number of rotatable bonds is 7. The van der Waals surface area contributed by atoms with Gasteiger partial charge in [0.2, 0.25) is 0 Å². The van der Waals surface area contributed by atoms with Gasteiger partial charge in [-0.05, 0) is 33.8 Å². The molecule has 96 valence electrons. The standard InChI is InChI=1S/C14H23NOS/c1-7-14(8-2)16-12(5)10-17-13(6)9-15-11(3)4/h7,9H,5,8,10H2,1-4,6H3/b13-9+,14-7-. The second kappa shape index (κ2) is 9.11. The van der Waals surface area contributed by atoms with E-state index in [4.69, 9.17) is 4.74 Å². The number of nitrogens with zero attached hydrogens (tertiary/aromatic N) is 1. The Morgan fingerprint density at radius 3 is 2.47 bits per heavy atom. The Morgan fingerprint density at radius 2 is 2.00 bits per heavy atom. The molecular weight excluding hydrogens is 230 g/mol. The molecule has 0 aromatic carbocycles. The van der Waals surface area contributed by atoms with E-state index >= 15 is 0 Å². The van der Waals surface area contributed by atoms with Gasteiger partial charge in [0.15, 0.2) is 0 Å². The van der Waals surface area contributed by atoms with Crippen LogP contribution in [0.4, 0.5) is 0 Å². The molecule has 0 atom stereocenters. The van der Waals surface area contributed by atoms with Crippen molar-refractivity contribution in [2.24, 2.45) is 4.99 Å². The smallest absolute Gasteiger partial charge is 0.107 e. The fourth-order valence-corrected chi connectivity index (χ4v) is 1.58. The first kappa shape index (κ1) is 16.0. The van der Waals surface area contributed by atoms with Crippen molar-refractivity contribution in [1.82, 2.24) is 0 Å². The lowest BCUT2D eigenvalue weighted by atomic mass is 10.4. The van der Waals surface area contributed by atoms with Crippen LogP contribution in [-0.2, 0) is 4.74 Å². The Bertz CT molecular complexity index is 336. The number of allylic oxidation sites excluding steroid dienone is 3. The summed E-state index contributed by atoms with van der Waals surface area (Å²) in [6.45, 7) is 14.0. The maximum atomic E-state index is 5.61. The zero-order chi connectivity index (χ0) is 13.3. The maximum absolute atomic E-state index is 5.61. The molecule has 0 spiro atoms. The highest BCUT2D eigenvalue weighted by Crippen LogP contribution is 2.20. The van der Waals surface area contributed by atoms with Gasteiger partial charge in [0.25, 0.3) is 0 Å². The Kier molecular flexibility index (Phi) is 8.60. The second-order valence-electron chi connectivity index (χ2n) is 3.85. The third-order valence-corrected chi connectivity index (χ3v) is 2.94. The summed E-state index contributed by atoms with van der Waals surface area (Å²) in [5.74, 6) is 2.52. The van der Waals surface area contributed by atoms with Gasteiger partial charge in [0.1, 0.15) is 5.76 Å². The van der Waals surface area contributed by atoms with Gasteiger partial charge in [-0.3, -0.25) is 4.99 Å². The normalized spacial score (nSPS) is 12.3. The third kappa shape index (κ3) is 8.81. The molecule has 17 heavy (non-hydrogen) atoms. The second-order valence-corrected chi connectivity index (χ2v) is 5.08.